The fraction of sp³-hybridized carbons (Fsp3) is 0.522. The lowest BCUT2D eigenvalue weighted by Gasteiger charge is -2.39. The van der Waals surface area contributed by atoms with Gasteiger partial charge in [0.1, 0.15) is 18.0 Å². The van der Waals surface area contributed by atoms with Gasteiger partial charge in [0.15, 0.2) is 0 Å². The maximum absolute atomic E-state index is 13.2. The number of piperazine rings is 1. The fourth-order valence-electron chi connectivity index (χ4n) is 4.19. The number of alkyl halides is 3. The molecule has 1 fully saturated rings. The molecule has 9 nitrogen and oxygen atoms in total. The number of nitrogens with zero attached hydrogens (tertiary/aromatic N) is 3. The molecule has 2 aliphatic heterocycles. The highest BCUT2D eigenvalue weighted by atomic mass is 19.4. The summed E-state index contributed by atoms with van der Waals surface area (Å²) >= 11 is 0. The number of ether oxygens (including phenoxy) is 1. The van der Waals surface area contributed by atoms with Gasteiger partial charge >= 0.3 is 6.36 Å². The van der Waals surface area contributed by atoms with Gasteiger partial charge in [-0.25, -0.2) is 5.48 Å². The minimum absolute atomic E-state index is 0.0597. The van der Waals surface area contributed by atoms with Crippen molar-refractivity contribution in [2.75, 3.05) is 26.2 Å². The quantitative estimate of drug-likeness (QED) is 0.272. The van der Waals surface area contributed by atoms with E-state index in [0.717, 1.165) is 6.42 Å². The maximum Gasteiger partial charge on any atom is 0.573 e. The van der Waals surface area contributed by atoms with Gasteiger partial charge in [0.05, 0.1) is 5.92 Å². The minimum Gasteiger partial charge on any atom is -0.406 e. The van der Waals surface area contributed by atoms with Crippen molar-refractivity contribution in [3.63, 3.8) is 0 Å². The summed E-state index contributed by atoms with van der Waals surface area (Å²) in [5.41, 5.74) is 2.10. The number of aliphatic hydroxyl groups excluding tert-OH is 1. The molecule has 3 atom stereocenters. The lowest BCUT2D eigenvalue weighted by atomic mass is 9.92. The highest BCUT2D eigenvalue weighted by Gasteiger charge is 2.36. The predicted octanol–water partition coefficient (Wildman–Crippen LogP) is 1.89. The van der Waals surface area contributed by atoms with Gasteiger partial charge in [-0.15, -0.1) is 13.2 Å². The van der Waals surface area contributed by atoms with Crippen molar-refractivity contribution in [2.45, 2.75) is 44.3 Å². The van der Waals surface area contributed by atoms with E-state index < -0.39 is 30.2 Å². The first-order valence-electron chi connectivity index (χ1n) is 11.4. The molecule has 3 rings (SSSR count). The number of rotatable bonds is 9. The number of amides is 2. The molecule has 1 aromatic carbocycles. The molecule has 0 radical (unpaired) electrons. The molecule has 0 spiro atoms. The number of hydroxylamine groups is 1. The van der Waals surface area contributed by atoms with Crippen molar-refractivity contribution in [3.05, 3.63) is 42.0 Å². The second-order valence-electron chi connectivity index (χ2n) is 8.38. The lowest BCUT2D eigenvalue weighted by Crippen LogP contribution is -2.54. The number of nitrogens with one attached hydrogen (secondary N) is 1. The molecule has 2 heterocycles. The van der Waals surface area contributed by atoms with Crippen LogP contribution in [0.25, 0.3) is 0 Å². The lowest BCUT2D eigenvalue weighted by molar-refractivity contribution is -0.274. The van der Waals surface area contributed by atoms with E-state index in [4.69, 9.17) is 5.21 Å². The number of carbonyl (C=O) groups excluding carboxylic acids is 2. The monoisotopic (exact) mass is 498 g/mol. The van der Waals surface area contributed by atoms with E-state index in [1.807, 2.05) is 18.4 Å². The molecule has 1 aromatic rings. The van der Waals surface area contributed by atoms with Gasteiger partial charge < -0.3 is 14.7 Å². The van der Waals surface area contributed by atoms with Crippen LogP contribution in [0, 0.1) is 5.92 Å². The van der Waals surface area contributed by atoms with Gasteiger partial charge in [0.2, 0.25) is 5.91 Å². The number of hydrogen-bond acceptors (Lipinski definition) is 7. The van der Waals surface area contributed by atoms with Crippen LogP contribution in [0.4, 0.5) is 13.2 Å². The number of aliphatic imine (C=N–C) groups is 1. The average Bonchev–Trinajstić information content (AvgIpc) is 2.86. The third kappa shape index (κ3) is 7.77. The van der Waals surface area contributed by atoms with Crippen molar-refractivity contribution in [2.24, 2.45) is 10.9 Å². The summed E-state index contributed by atoms with van der Waals surface area (Å²) in [5, 5.41) is 19.3. The highest BCUT2D eigenvalue weighted by Crippen LogP contribution is 2.24. The molecule has 0 aliphatic carbocycles. The zero-order valence-corrected chi connectivity index (χ0v) is 19.0. The first-order chi connectivity index (χ1) is 16.7. The molecule has 2 amide bonds. The van der Waals surface area contributed by atoms with Crippen LogP contribution in [0.15, 0.2) is 41.4 Å². The first kappa shape index (κ1) is 26.6. The molecule has 192 valence electrons. The summed E-state index contributed by atoms with van der Waals surface area (Å²) in [7, 11) is 0. The molecule has 0 saturated carbocycles. The number of aryl methyl sites for hydroxylation is 1. The third-order valence-electron chi connectivity index (χ3n) is 6.02. The summed E-state index contributed by atoms with van der Waals surface area (Å²) < 4.78 is 40.8. The van der Waals surface area contributed by atoms with E-state index in [2.05, 4.69) is 14.6 Å². The standard InChI is InChI=1S/C23H29F3N4O5/c24-23(25,26)35-17-9-7-16(8-10-17)4-3-5-18(20(31)21(32)28-34)22(33)30-14-12-29(13-15-30)19-6-1-2-11-27-19/h1,6-11,18-20,31,34H,2-5,12-15H2,(H,28,32)/t18-,19?,20+/m1/s1. The van der Waals surface area contributed by atoms with Crippen LogP contribution < -0.4 is 10.2 Å². The third-order valence-corrected chi connectivity index (χ3v) is 6.02. The topological polar surface area (TPSA) is 115 Å². The Morgan fingerprint density at radius 2 is 1.86 bits per heavy atom. The summed E-state index contributed by atoms with van der Waals surface area (Å²) in [5.74, 6) is -2.87. The molecular weight excluding hydrogens is 469 g/mol. The Morgan fingerprint density at radius 1 is 1.17 bits per heavy atom. The van der Waals surface area contributed by atoms with Gasteiger partial charge in [-0.1, -0.05) is 18.2 Å². The normalized spacial score (nSPS) is 20.4. The molecule has 0 aromatic heterocycles. The SMILES string of the molecule is O=C(NO)[C@@H](O)[C@@H](CCCc1ccc(OC(F)(F)F)cc1)C(=O)N1CCN(C2C=CCC=N2)CC1. The van der Waals surface area contributed by atoms with E-state index >= 15 is 0 Å². The molecule has 0 bridgehead atoms. The van der Waals surface area contributed by atoms with Gasteiger partial charge in [-0.05, 0) is 43.0 Å². The number of carbonyl (C=O) groups is 2. The van der Waals surface area contributed by atoms with Crippen molar-refractivity contribution in [1.29, 1.82) is 0 Å². The van der Waals surface area contributed by atoms with Crippen molar-refractivity contribution in [1.82, 2.24) is 15.3 Å². The smallest absolute Gasteiger partial charge is 0.406 e. The van der Waals surface area contributed by atoms with Crippen LogP contribution in [-0.4, -0.2) is 83.0 Å². The van der Waals surface area contributed by atoms with Crippen LogP contribution >= 0.6 is 0 Å². The molecule has 35 heavy (non-hydrogen) atoms. The Morgan fingerprint density at radius 3 is 2.43 bits per heavy atom. The summed E-state index contributed by atoms with van der Waals surface area (Å²) in [4.78, 5) is 33.2. The Bertz CT molecular complexity index is 903. The van der Waals surface area contributed by atoms with Crippen LogP contribution in [0.1, 0.15) is 24.8 Å². The van der Waals surface area contributed by atoms with E-state index in [9.17, 15) is 27.9 Å². The van der Waals surface area contributed by atoms with Gasteiger partial charge in [0.25, 0.3) is 5.91 Å². The van der Waals surface area contributed by atoms with Gasteiger partial charge in [0, 0.05) is 38.8 Å². The van der Waals surface area contributed by atoms with Crippen LogP contribution in [-0.2, 0) is 16.0 Å². The molecule has 1 saturated heterocycles. The number of halogens is 3. The average molecular weight is 499 g/mol. The van der Waals surface area contributed by atoms with E-state index in [1.54, 1.807) is 4.90 Å². The number of dihydropyridines is 1. The predicted molar refractivity (Wildman–Crippen MR) is 120 cm³/mol. The Kier molecular flexibility index (Phi) is 9.24. The number of hydrogen-bond donors (Lipinski definition) is 3. The Balaban J connectivity index is 1.56. The molecule has 12 heteroatoms. The maximum atomic E-state index is 13.2. The van der Waals surface area contributed by atoms with E-state index in [-0.39, 0.29) is 18.3 Å². The van der Waals surface area contributed by atoms with Gasteiger partial charge in [-0.3, -0.25) is 24.7 Å². The summed E-state index contributed by atoms with van der Waals surface area (Å²) in [6, 6.07) is 5.36. The summed E-state index contributed by atoms with van der Waals surface area (Å²) in [6.07, 6.45) is 1.05. The fourth-order valence-corrected chi connectivity index (χ4v) is 4.19. The largest absolute Gasteiger partial charge is 0.573 e. The van der Waals surface area contributed by atoms with E-state index in [1.165, 1.54) is 29.7 Å². The second-order valence-corrected chi connectivity index (χ2v) is 8.38. The molecule has 1 unspecified atom stereocenters. The van der Waals surface area contributed by atoms with Crippen molar-refractivity contribution >= 4 is 18.0 Å². The summed E-state index contributed by atoms with van der Waals surface area (Å²) in [6.45, 7) is 1.98. The zero-order valence-electron chi connectivity index (χ0n) is 19.0. The van der Waals surface area contributed by atoms with Crippen LogP contribution in [0.3, 0.4) is 0 Å². The number of aliphatic hydroxyl groups is 1. The first-order valence-corrected chi connectivity index (χ1v) is 11.4. The van der Waals surface area contributed by atoms with Crippen LogP contribution in [0.2, 0.25) is 0 Å². The minimum atomic E-state index is -4.77. The Labute approximate surface area is 200 Å². The second kappa shape index (κ2) is 12.1. The van der Waals surface area contributed by atoms with E-state index in [0.29, 0.717) is 44.6 Å². The number of benzene rings is 1. The molecule has 3 N–H and O–H groups in total. The number of allylic oxidation sites excluding steroid dienone is 1. The zero-order chi connectivity index (χ0) is 25.4. The Hall–Kier alpha value is -2.96. The van der Waals surface area contributed by atoms with Crippen molar-refractivity contribution < 1.29 is 37.8 Å². The molecule has 2 aliphatic rings. The van der Waals surface area contributed by atoms with Crippen LogP contribution in [0.5, 0.6) is 5.75 Å². The van der Waals surface area contributed by atoms with Gasteiger partial charge in [-0.2, -0.15) is 0 Å². The van der Waals surface area contributed by atoms with Crippen molar-refractivity contribution in [3.8, 4) is 5.75 Å². The molecular formula is C23H29F3N4O5. The highest BCUT2D eigenvalue weighted by molar-refractivity contribution is 5.88.